The maximum Gasteiger partial charge on any atom is 0.303 e. The number of carbonyl (C=O) groups is 2. The molecule has 2 saturated carbocycles. The Kier molecular flexibility index (Phi) is 9.35. The molecule has 0 aromatic heterocycles. The Labute approximate surface area is 273 Å². The van der Waals surface area contributed by atoms with Gasteiger partial charge in [-0.25, -0.2) is 0 Å². The van der Waals surface area contributed by atoms with Gasteiger partial charge >= 0.3 is 5.97 Å². The minimum atomic E-state index is -2.40. The van der Waals surface area contributed by atoms with Crippen molar-refractivity contribution in [2.45, 2.75) is 134 Å². The molecule has 1 aliphatic heterocycles. The maximum atomic E-state index is 15.2. The molecule has 11 heteroatoms. The van der Waals surface area contributed by atoms with Crippen molar-refractivity contribution >= 4 is 20.1 Å². The molecule has 0 radical (unpaired) electrons. The maximum absolute atomic E-state index is 15.2. The summed E-state index contributed by atoms with van der Waals surface area (Å²) in [6, 6.07) is 11.1. The molecule has 4 aliphatic rings. The zero-order valence-corrected chi connectivity index (χ0v) is 29.4. The Bertz CT molecular complexity index is 1350. The molecule has 2 bridgehead atoms. The van der Waals surface area contributed by atoms with Gasteiger partial charge in [-0.15, -0.1) is 0 Å². The van der Waals surface area contributed by atoms with Gasteiger partial charge in [-0.05, 0) is 43.1 Å². The first kappa shape index (κ1) is 35.3. The minimum Gasteiger partial charge on any atom is -0.454 e. The Morgan fingerprint density at radius 1 is 1.09 bits per heavy atom. The van der Waals surface area contributed by atoms with Crippen molar-refractivity contribution < 1.29 is 48.7 Å². The van der Waals surface area contributed by atoms with Crippen LogP contribution in [-0.2, 0) is 28.2 Å². The highest BCUT2D eigenvalue weighted by Crippen LogP contribution is 2.65. The van der Waals surface area contributed by atoms with E-state index in [0.717, 1.165) is 18.1 Å². The third-order valence-electron chi connectivity index (χ3n) is 12.4. The predicted octanol–water partition coefficient (Wildman–Crippen LogP) is 3.96. The molecule has 0 spiro atoms. The molecule has 4 N–H and O–H groups in total. The summed E-state index contributed by atoms with van der Waals surface area (Å²) in [7, 11) is -2.40. The quantitative estimate of drug-likeness (QED) is 0.133. The van der Waals surface area contributed by atoms with Gasteiger partial charge in [0.25, 0.3) is 0 Å². The predicted molar refractivity (Wildman–Crippen MR) is 172 cm³/mol. The van der Waals surface area contributed by atoms with E-state index in [2.05, 4.69) is 20.8 Å². The molecule has 46 heavy (non-hydrogen) atoms. The fraction of sp³-hybridized carbons (Fsp3) is 0.714. The average molecular weight is 661 g/mol. The number of hydrogen-bond donors (Lipinski definition) is 4. The number of ketones is 1. The number of Topliss-reactive ketones (excluding diaryl/α,β-unsaturated/α-hetero) is 1. The molecule has 3 aliphatic carbocycles. The first-order valence-electron chi connectivity index (χ1n) is 16.7. The smallest absolute Gasteiger partial charge is 0.303 e. The summed E-state index contributed by atoms with van der Waals surface area (Å²) in [6.45, 7) is 14.3. The van der Waals surface area contributed by atoms with E-state index in [4.69, 9.17) is 18.6 Å². The SMILES string of the molecule is CC[Si](CC)(CC)O[C@H]1C[C@H]2OC[C@@]2(OC(C)=O)[C@H]2[C@H](OC(O)c3ccccc3)[C@]3(O)C[C@H](O)C(C)=C([C@@H](O)C(=O)[C@]12C)C3(C)C. The molecule has 1 aromatic carbocycles. The zero-order valence-electron chi connectivity index (χ0n) is 28.4. The van der Waals surface area contributed by atoms with Crippen molar-refractivity contribution in [2.24, 2.45) is 16.7 Å². The normalized spacial score (nSPS) is 39.3. The molecular formula is C35H52O10Si. The van der Waals surface area contributed by atoms with Gasteiger partial charge in [0.2, 0.25) is 0 Å². The summed E-state index contributed by atoms with van der Waals surface area (Å²) in [5.41, 5.74) is -5.26. The monoisotopic (exact) mass is 660 g/mol. The number of esters is 1. The van der Waals surface area contributed by atoms with Crippen LogP contribution in [0.5, 0.6) is 0 Å². The number of rotatable bonds is 9. The lowest BCUT2D eigenvalue weighted by molar-refractivity contribution is -0.360. The number of fused-ring (bicyclic) bond motifs is 5. The van der Waals surface area contributed by atoms with Crippen molar-refractivity contribution in [2.75, 3.05) is 6.61 Å². The van der Waals surface area contributed by atoms with Crippen LogP contribution in [0.4, 0.5) is 0 Å². The molecule has 1 aromatic rings. The summed E-state index contributed by atoms with van der Waals surface area (Å²) in [6.07, 6.45) is -7.31. The lowest BCUT2D eigenvalue weighted by Gasteiger charge is -2.68. The Morgan fingerprint density at radius 2 is 1.70 bits per heavy atom. The molecule has 10 atom stereocenters. The van der Waals surface area contributed by atoms with E-state index >= 15 is 4.79 Å². The van der Waals surface area contributed by atoms with Crippen LogP contribution >= 0.6 is 0 Å². The van der Waals surface area contributed by atoms with Crippen molar-refractivity contribution in [3.8, 4) is 0 Å². The summed E-state index contributed by atoms with van der Waals surface area (Å²) in [5.74, 6) is -2.30. The summed E-state index contributed by atoms with van der Waals surface area (Å²) in [4.78, 5) is 28.0. The highest BCUT2D eigenvalue weighted by atomic mass is 28.4. The fourth-order valence-electron chi connectivity index (χ4n) is 9.22. The van der Waals surface area contributed by atoms with Crippen molar-refractivity contribution in [1.82, 2.24) is 0 Å². The van der Waals surface area contributed by atoms with E-state index in [-0.39, 0.29) is 25.0 Å². The van der Waals surface area contributed by atoms with Crippen LogP contribution in [0.15, 0.2) is 41.5 Å². The number of ether oxygens (including phenoxy) is 3. The molecule has 1 unspecified atom stereocenters. The number of benzene rings is 1. The third-order valence-corrected chi connectivity index (χ3v) is 17.0. The molecule has 5 rings (SSSR count). The van der Waals surface area contributed by atoms with E-state index < -0.39 is 84.8 Å². The van der Waals surface area contributed by atoms with E-state index in [0.29, 0.717) is 11.1 Å². The summed E-state index contributed by atoms with van der Waals surface area (Å²) < 4.78 is 26.0. The van der Waals surface area contributed by atoms with Gasteiger partial charge in [0.05, 0.1) is 30.3 Å². The molecule has 10 nitrogen and oxygen atoms in total. The van der Waals surface area contributed by atoms with Gasteiger partial charge in [-0.2, -0.15) is 0 Å². The van der Waals surface area contributed by atoms with Gasteiger partial charge in [0, 0.05) is 36.7 Å². The van der Waals surface area contributed by atoms with Crippen LogP contribution in [-0.4, -0.2) is 88.8 Å². The van der Waals surface area contributed by atoms with Crippen LogP contribution in [0.1, 0.15) is 80.1 Å². The molecule has 1 heterocycles. The van der Waals surface area contributed by atoms with Crippen molar-refractivity contribution in [3.63, 3.8) is 0 Å². The van der Waals surface area contributed by atoms with Gasteiger partial charge in [0.15, 0.2) is 26.0 Å². The van der Waals surface area contributed by atoms with Crippen molar-refractivity contribution in [3.05, 3.63) is 47.0 Å². The van der Waals surface area contributed by atoms with Gasteiger partial charge in [0.1, 0.15) is 17.8 Å². The number of hydrogen-bond acceptors (Lipinski definition) is 10. The summed E-state index contributed by atoms with van der Waals surface area (Å²) >= 11 is 0. The van der Waals surface area contributed by atoms with Crippen LogP contribution in [0.25, 0.3) is 0 Å². The van der Waals surface area contributed by atoms with Crippen LogP contribution in [0, 0.1) is 16.7 Å². The fourth-order valence-corrected chi connectivity index (χ4v) is 12.2. The molecule has 3 fully saturated rings. The molecule has 1 saturated heterocycles. The third kappa shape index (κ3) is 5.00. The van der Waals surface area contributed by atoms with Gasteiger partial charge in [-0.3, -0.25) is 9.59 Å². The highest BCUT2D eigenvalue weighted by Gasteiger charge is 2.78. The molecular weight excluding hydrogens is 608 g/mol. The topological polar surface area (TPSA) is 152 Å². The first-order valence-corrected chi connectivity index (χ1v) is 19.2. The zero-order chi connectivity index (χ0) is 34.0. The largest absolute Gasteiger partial charge is 0.454 e. The second kappa shape index (κ2) is 12.2. The van der Waals surface area contributed by atoms with Crippen LogP contribution in [0.3, 0.4) is 0 Å². The molecule has 0 amide bonds. The first-order chi connectivity index (χ1) is 21.5. The standard InChI is InChI=1S/C35H52O10Si/c1-9-46(10-2,11-3)45-24-17-25-34(19-42-25,44-21(5)36)28-30(43-31(40)22-15-13-12-14-16-22)35(41)18-23(37)20(4)26(32(35,6)7)27(38)29(39)33(24,28)8/h12-16,23-25,27-28,30-31,37-38,40-41H,9-11,17-19H2,1-8H3/t23-,24-,25+,27+,28-,30-,31?,33+,34-,35+/m0/s1. The minimum absolute atomic E-state index is 0.0758. The Balaban J connectivity index is 1.83. The number of aliphatic hydroxyl groups excluding tert-OH is 3. The van der Waals surface area contributed by atoms with Gasteiger partial charge in [-0.1, -0.05) is 65.0 Å². The van der Waals surface area contributed by atoms with Gasteiger partial charge < -0.3 is 39.1 Å². The lowest BCUT2D eigenvalue weighted by Crippen LogP contribution is -2.82. The average Bonchev–Trinajstić information content (AvgIpc) is 3.01. The van der Waals surface area contributed by atoms with Crippen LogP contribution in [0.2, 0.25) is 18.1 Å². The lowest BCUT2D eigenvalue weighted by atomic mass is 9.44. The summed E-state index contributed by atoms with van der Waals surface area (Å²) in [5, 5.41) is 48.2. The highest BCUT2D eigenvalue weighted by molar-refractivity contribution is 6.73. The second-order valence-electron chi connectivity index (χ2n) is 14.6. The Morgan fingerprint density at radius 3 is 2.22 bits per heavy atom. The number of carbonyl (C=O) groups excluding carboxylic acids is 2. The van der Waals surface area contributed by atoms with E-state index in [1.54, 1.807) is 58.0 Å². The Hall–Kier alpha value is -1.96. The second-order valence-corrected chi connectivity index (χ2v) is 19.4. The number of aliphatic hydroxyl groups is 4. The van der Waals surface area contributed by atoms with Crippen molar-refractivity contribution in [1.29, 1.82) is 0 Å². The van der Waals surface area contributed by atoms with E-state index in [1.165, 1.54) is 6.92 Å². The van der Waals surface area contributed by atoms with E-state index in [1.807, 2.05) is 0 Å². The van der Waals surface area contributed by atoms with Crippen LogP contribution < -0.4 is 0 Å². The van der Waals surface area contributed by atoms with E-state index in [9.17, 15) is 25.2 Å². The molecule has 256 valence electrons.